The van der Waals surface area contributed by atoms with Gasteiger partial charge in [-0.1, -0.05) is 42.5 Å². The van der Waals surface area contributed by atoms with Gasteiger partial charge in [-0.25, -0.2) is 18.4 Å². The first-order valence-corrected chi connectivity index (χ1v) is 11.7. The Morgan fingerprint density at radius 3 is 2.28 bits per heavy atom. The number of cyclic esters (lactones) is 1. The average Bonchev–Trinajstić information content (AvgIpc) is 3.27. The molecule has 4 rings (SSSR count). The number of ether oxygens (including phenoxy) is 2. The molecule has 39 heavy (non-hydrogen) atoms. The first-order valence-electron chi connectivity index (χ1n) is 11.7. The first-order chi connectivity index (χ1) is 18.5. The second kappa shape index (κ2) is 11.3. The summed E-state index contributed by atoms with van der Waals surface area (Å²) in [5.41, 5.74) is -1.20. The summed E-state index contributed by atoms with van der Waals surface area (Å²) in [6.07, 6.45) is -9.08. The van der Waals surface area contributed by atoms with Crippen molar-refractivity contribution in [2.45, 2.75) is 37.0 Å². The van der Waals surface area contributed by atoms with Crippen molar-refractivity contribution in [1.82, 2.24) is 10.6 Å². The SMILES string of the molecule is O=C(NC1CCOC1=O)NC(Cc1ccccc1)(c1ccc(F)cc1)c1cc(F)cc(OC(F)(F)C(F)F)c1. The first kappa shape index (κ1) is 27.8. The molecule has 2 amide bonds. The van der Waals surface area contributed by atoms with Gasteiger partial charge in [-0.3, -0.25) is 0 Å². The van der Waals surface area contributed by atoms with Crippen LogP contribution in [0, 0.1) is 11.6 Å². The van der Waals surface area contributed by atoms with Crippen LogP contribution < -0.4 is 15.4 Å². The van der Waals surface area contributed by atoms with E-state index in [9.17, 15) is 35.9 Å². The molecule has 2 N–H and O–H groups in total. The molecule has 206 valence electrons. The minimum atomic E-state index is -4.93. The topological polar surface area (TPSA) is 76.7 Å². The van der Waals surface area contributed by atoms with Gasteiger partial charge in [0.05, 0.1) is 12.1 Å². The van der Waals surface area contributed by atoms with E-state index in [1.54, 1.807) is 30.3 Å². The van der Waals surface area contributed by atoms with Crippen molar-refractivity contribution in [1.29, 1.82) is 0 Å². The Morgan fingerprint density at radius 2 is 1.67 bits per heavy atom. The van der Waals surface area contributed by atoms with Gasteiger partial charge >= 0.3 is 24.5 Å². The van der Waals surface area contributed by atoms with E-state index >= 15 is 0 Å². The van der Waals surface area contributed by atoms with Gasteiger partial charge in [0.2, 0.25) is 0 Å². The number of alkyl halides is 4. The number of amides is 2. The highest BCUT2D eigenvalue weighted by atomic mass is 19.3. The third-order valence-electron chi connectivity index (χ3n) is 6.09. The summed E-state index contributed by atoms with van der Waals surface area (Å²) in [6.45, 7) is 0.0832. The molecule has 1 heterocycles. The number of hydrogen-bond acceptors (Lipinski definition) is 4. The van der Waals surface area contributed by atoms with Crippen LogP contribution in [0.15, 0.2) is 72.8 Å². The fourth-order valence-corrected chi connectivity index (χ4v) is 4.28. The van der Waals surface area contributed by atoms with Crippen LogP contribution in [0.25, 0.3) is 0 Å². The molecule has 1 saturated heterocycles. The van der Waals surface area contributed by atoms with E-state index in [0.717, 1.165) is 24.3 Å². The number of carbonyl (C=O) groups is 2. The molecule has 0 aromatic heterocycles. The maximum atomic E-state index is 14.8. The van der Waals surface area contributed by atoms with Crippen molar-refractivity contribution in [2.24, 2.45) is 0 Å². The van der Waals surface area contributed by atoms with Gasteiger partial charge in [0.1, 0.15) is 23.4 Å². The number of benzene rings is 3. The molecule has 0 radical (unpaired) electrons. The number of esters is 1. The van der Waals surface area contributed by atoms with Gasteiger partial charge in [-0.05, 0) is 41.0 Å². The summed E-state index contributed by atoms with van der Waals surface area (Å²) in [6, 6.07) is 13.6. The average molecular weight is 552 g/mol. The number of hydrogen-bond donors (Lipinski definition) is 2. The Balaban J connectivity index is 1.86. The minimum Gasteiger partial charge on any atom is -0.464 e. The van der Waals surface area contributed by atoms with Crippen molar-refractivity contribution >= 4 is 12.0 Å². The molecule has 0 saturated carbocycles. The third-order valence-corrected chi connectivity index (χ3v) is 6.09. The monoisotopic (exact) mass is 552 g/mol. The Bertz CT molecular complexity index is 1320. The van der Waals surface area contributed by atoms with Gasteiger partial charge in [0, 0.05) is 18.9 Å². The maximum absolute atomic E-state index is 14.8. The lowest BCUT2D eigenvalue weighted by molar-refractivity contribution is -0.253. The Morgan fingerprint density at radius 1 is 0.974 bits per heavy atom. The highest BCUT2D eigenvalue weighted by Gasteiger charge is 2.45. The van der Waals surface area contributed by atoms with Crippen molar-refractivity contribution < 1.29 is 45.4 Å². The summed E-state index contributed by atoms with van der Waals surface area (Å²) in [5, 5.41) is 5.14. The largest absolute Gasteiger partial charge is 0.464 e. The van der Waals surface area contributed by atoms with Gasteiger partial charge in [0.25, 0.3) is 0 Å². The van der Waals surface area contributed by atoms with Crippen LogP contribution in [0.4, 0.5) is 31.1 Å². The molecule has 6 nitrogen and oxygen atoms in total. The predicted octanol–water partition coefficient (Wildman–Crippen LogP) is 5.30. The van der Waals surface area contributed by atoms with E-state index in [1.165, 1.54) is 12.1 Å². The van der Waals surface area contributed by atoms with Crippen LogP contribution in [-0.2, 0) is 21.5 Å². The van der Waals surface area contributed by atoms with Gasteiger partial charge in [-0.2, -0.15) is 17.6 Å². The molecule has 1 aliphatic rings. The quantitative estimate of drug-likeness (QED) is 0.279. The lowest BCUT2D eigenvalue weighted by atomic mass is 9.77. The van der Waals surface area contributed by atoms with Gasteiger partial charge in [0.15, 0.2) is 0 Å². The number of carbonyl (C=O) groups excluding carboxylic acids is 2. The molecular formula is C27H22F6N2O4. The Hall–Kier alpha value is -4.22. The molecule has 3 aromatic rings. The molecule has 3 aromatic carbocycles. The fourth-order valence-electron chi connectivity index (χ4n) is 4.28. The van der Waals surface area contributed by atoms with E-state index in [4.69, 9.17) is 4.74 Å². The number of halogens is 6. The van der Waals surface area contributed by atoms with E-state index in [-0.39, 0.29) is 30.6 Å². The summed E-state index contributed by atoms with van der Waals surface area (Å²) in [7, 11) is 0. The molecule has 2 atom stereocenters. The van der Waals surface area contributed by atoms with Crippen LogP contribution in [0.3, 0.4) is 0 Å². The summed E-state index contributed by atoms with van der Waals surface area (Å²) in [4.78, 5) is 25.1. The Kier molecular flexibility index (Phi) is 8.03. The number of nitrogens with one attached hydrogen (secondary N) is 2. The lowest BCUT2D eigenvalue weighted by Crippen LogP contribution is -2.54. The van der Waals surface area contributed by atoms with Crippen LogP contribution in [0.1, 0.15) is 23.1 Å². The molecular weight excluding hydrogens is 530 g/mol. The minimum absolute atomic E-state index is 0.0832. The van der Waals surface area contributed by atoms with Crippen LogP contribution in [0.5, 0.6) is 5.75 Å². The van der Waals surface area contributed by atoms with Gasteiger partial charge in [-0.15, -0.1) is 0 Å². The van der Waals surface area contributed by atoms with E-state index < -0.39 is 53.5 Å². The molecule has 2 unspecified atom stereocenters. The number of rotatable bonds is 9. The van der Waals surface area contributed by atoms with Crippen LogP contribution in [0.2, 0.25) is 0 Å². The summed E-state index contributed by atoms with van der Waals surface area (Å²) < 4.78 is 90.7. The molecule has 1 fully saturated rings. The zero-order chi connectivity index (χ0) is 28.2. The van der Waals surface area contributed by atoms with Crippen LogP contribution in [-0.4, -0.2) is 37.2 Å². The second-order valence-electron chi connectivity index (χ2n) is 8.82. The van der Waals surface area contributed by atoms with Crippen molar-refractivity contribution in [2.75, 3.05) is 6.61 Å². The predicted molar refractivity (Wildman–Crippen MR) is 126 cm³/mol. The van der Waals surface area contributed by atoms with Crippen molar-refractivity contribution in [3.05, 3.63) is 101 Å². The van der Waals surface area contributed by atoms with Gasteiger partial charge < -0.3 is 20.1 Å². The molecule has 0 aliphatic carbocycles. The molecule has 0 bridgehead atoms. The van der Waals surface area contributed by atoms with Crippen molar-refractivity contribution in [3.8, 4) is 5.75 Å². The van der Waals surface area contributed by atoms with E-state index in [1.807, 2.05) is 0 Å². The zero-order valence-electron chi connectivity index (χ0n) is 20.1. The zero-order valence-corrected chi connectivity index (χ0v) is 20.1. The normalized spacial score (nSPS) is 16.9. The van der Waals surface area contributed by atoms with E-state index in [0.29, 0.717) is 11.6 Å². The number of urea groups is 1. The molecule has 1 aliphatic heterocycles. The highest BCUT2D eigenvalue weighted by molar-refractivity contribution is 5.85. The fraction of sp³-hybridized carbons (Fsp3) is 0.259. The summed E-state index contributed by atoms with van der Waals surface area (Å²) >= 11 is 0. The second-order valence-corrected chi connectivity index (χ2v) is 8.82. The molecule has 0 spiro atoms. The molecule has 12 heteroatoms. The maximum Gasteiger partial charge on any atom is 0.461 e. The van der Waals surface area contributed by atoms with Crippen LogP contribution >= 0.6 is 0 Å². The Labute approximate surface area is 218 Å². The van der Waals surface area contributed by atoms with E-state index in [2.05, 4.69) is 15.4 Å². The lowest BCUT2D eigenvalue weighted by Gasteiger charge is -2.37. The smallest absolute Gasteiger partial charge is 0.461 e. The van der Waals surface area contributed by atoms with Crippen molar-refractivity contribution in [3.63, 3.8) is 0 Å². The highest BCUT2D eigenvalue weighted by Crippen LogP contribution is 2.38. The summed E-state index contributed by atoms with van der Waals surface area (Å²) in [5.74, 6) is -3.37. The third kappa shape index (κ3) is 6.44. The standard InChI is InChI=1S/C27H22F6N2O4/c28-19-8-6-17(7-9-19)26(15-16-4-2-1-3-5-16,35-25(37)34-22-10-11-38-23(22)36)18-12-20(29)14-21(13-18)39-27(32,33)24(30)31/h1-9,12-14,22,24H,10-11,15H2,(H2,34,35,37).